The zero-order valence-corrected chi connectivity index (χ0v) is 17.5. The quantitative estimate of drug-likeness (QED) is 0.440. The number of halogens is 1. The molecule has 0 spiro atoms. The molecular formula is C17H20INO5S. The second-order valence-electron chi connectivity index (χ2n) is 5.53. The topological polar surface area (TPSA) is 65.1 Å². The molecule has 0 aliphatic carbocycles. The number of hydrogen-bond acceptors (Lipinski definition) is 6. The molecule has 6 nitrogen and oxygen atoms in total. The number of thioether (sulfide) groups is 1. The van der Waals surface area contributed by atoms with Gasteiger partial charge in [-0.15, -0.1) is 0 Å². The summed E-state index contributed by atoms with van der Waals surface area (Å²) < 4.78 is 17.0. The van der Waals surface area contributed by atoms with Gasteiger partial charge in [0, 0.05) is 7.11 Å². The minimum absolute atomic E-state index is 0.0190. The molecule has 0 saturated carbocycles. The maximum Gasteiger partial charge on any atom is 0.293 e. The molecule has 0 atom stereocenters. The van der Waals surface area contributed by atoms with Gasteiger partial charge in [0.25, 0.3) is 11.1 Å². The van der Waals surface area contributed by atoms with E-state index in [1.54, 1.807) is 19.3 Å². The van der Waals surface area contributed by atoms with E-state index in [0.29, 0.717) is 23.0 Å². The van der Waals surface area contributed by atoms with Gasteiger partial charge in [-0.1, -0.05) is 0 Å². The molecule has 0 N–H and O–H groups in total. The van der Waals surface area contributed by atoms with E-state index in [0.717, 1.165) is 20.9 Å². The maximum absolute atomic E-state index is 12.4. The van der Waals surface area contributed by atoms with Crippen molar-refractivity contribution in [2.24, 2.45) is 0 Å². The number of imide groups is 1. The van der Waals surface area contributed by atoms with Crippen LogP contribution < -0.4 is 9.47 Å². The lowest BCUT2D eigenvalue weighted by atomic mass is 10.2. The molecule has 2 rings (SSSR count). The summed E-state index contributed by atoms with van der Waals surface area (Å²) in [6.07, 6.45) is 1.71. The Morgan fingerprint density at radius 2 is 2.00 bits per heavy atom. The average molecular weight is 477 g/mol. The number of carbonyl (C=O) groups is 2. The lowest BCUT2D eigenvalue weighted by Gasteiger charge is -2.16. The van der Waals surface area contributed by atoms with Crippen LogP contribution in [-0.4, -0.2) is 49.5 Å². The van der Waals surface area contributed by atoms with Crippen molar-refractivity contribution in [3.8, 4) is 11.5 Å². The highest BCUT2D eigenvalue weighted by Crippen LogP contribution is 2.37. The lowest BCUT2D eigenvalue weighted by Crippen LogP contribution is -2.31. The van der Waals surface area contributed by atoms with Gasteiger partial charge in [0.05, 0.1) is 34.8 Å². The molecule has 0 bridgehead atoms. The van der Waals surface area contributed by atoms with Gasteiger partial charge < -0.3 is 14.2 Å². The van der Waals surface area contributed by atoms with Gasteiger partial charge in [-0.25, -0.2) is 0 Å². The zero-order chi connectivity index (χ0) is 18.6. The third-order valence-corrected chi connectivity index (χ3v) is 5.00. The van der Waals surface area contributed by atoms with Crippen LogP contribution in [0.25, 0.3) is 6.08 Å². The Hall–Kier alpha value is -1.26. The second kappa shape index (κ2) is 8.91. The number of amides is 2. The standard InChI is InChI=1S/C17H20INO5S/c1-10(2)24-15-12(18)7-11(8-13(15)23-4)9-14-16(20)19(5-6-22-3)17(21)25-14/h7-10H,5-6H2,1-4H3/b14-9+. The number of methoxy groups -OCH3 is 2. The molecule has 136 valence electrons. The predicted octanol–water partition coefficient (Wildman–Crippen LogP) is 3.77. The summed E-state index contributed by atoms with van der Waals surface area (Å²) in [6.45, 7) is 4.46. The Morgan fingerprint density at radius 3 is 2.60 bits per heavy atom. The first kappa shape index (κ1) is 20.1. The Kier molecular flexibility index (Phi) is 7.14. The van der Waals surface area contributed by atoms with Crippen LogP contribution in [0.5, 0.6) is 11.5 Å². The normalized spacial score (nSPS) is 16.2. The first-order valence-electron chi connectivity index (χ1n) is 7.65. The van der Waals surface area contributed by atoms with E-state index in [1.165, 1.54) is 12.0 Å². The SMILES string of the molecule is COCCN1C(=O)S/C(=C/c2cc(I)c(OC(C)C)c(OC)c2)C1=O. The van der Waals surface area contributed by atoms with E-state index >= 15 is 0 Å². The molecule has 0 aromatic heterocycles. The van der Waals surface area contributed by atoms with E-state index in [-0.39, 0.29) is 23.8 Å². The Morgan fingerprint density at radius 1 is 1.28 bits per heavy atom. The van der Waals surface area contributed by atoms with Gasteiger partial charge in [-0.2, -0.15) is 0 Å². The Bertz CT molecular complexity index is 705. The molecule has 1 fully saturated rings. The van der Waals surface area contributed by atoms with E-state index in [9.17, 15) is 9.59 Å². The van der Waals surface area contributed by atoms with Crippen molar-refractivity contribution in [1.29, 1.82) is 0 Å². The summed E-state index contributed by atoms with van der Waals surface area (Å²) in [4.78, 5) is 25.9. The van der Waals surface area contributed by atoms with Crippen LogP contribution in [0.3, 0.4) is 0 Å². The Labute approximate surface area is 165 Å². The molecule has 1 aromatic rings. The minimum Gasteiger partial charge on any atom is -0.493 e. The molecule has 8 heteroatoms. The molecule has 1 saturated heterocycles. The number of rotatable bonds is 7. The van der Waals surface area contributed by atoms with Crippen LogP contribution in [0.1, 0.15) is 19.4 Å². The fourth-order valence-electron chi connectivity index (χ4n) is 2.20. The fraction of sp³-hybridized carbons (Fsp3) is 0.412. The van der Waals surface area contributed by atoms with Gasteiger partial charge in [-0.3, -0.25) is 14.5 Å². The van der Waals surface area contributed by atoms with Crippen LogP contribution in [0.4, 0.5) is 4.79 Å². The number of benzene rings is 1. The molecule has 1 aromatic carbocycles. The van der Waals surface area contributed by atoms with Crippen molar-refractivity contribution in [2.75, 3.05) is 27.4 Å². The smallest absolute Gasteiger partial charge is 0.293 e. The fourth-order valence-corrected chi connectivity index (χ4v) is 3.82. The second-order valence-corrected chi connectivity index (χ2v) is 7.68. The van der Waals surface area contributed by atoms with Crippen molar-refractivity contribution in [3.63, 3.8) is 0 Å². The summed E-state index contributed by atoms with van der Waals surface area (Å²) in [5, 5.41) is -0.283. The molecule has 1 heterocycles. The molecule has 1 aliphatic heterocycles. The average Bonchev–Trinajstić information content (AvgIpc) is 2.81. The summed E-state index contributed by atoms with van der Waals surface area (Å²) in [5.41, 5.74) is 0.773. The zero-order valence-electron chi connectivity index (χ0n) is 14.5. The minimum atomic E-state index is -0.302. The van der Waals surface area contributed by atoms with Crippen LogP contribution in [0.15, 0.2) is 17.0 Å². The number of carbonyl (C=O) groups excluding carboxylic acids is 2. The number of nitrogens with zero attached hydrogens (tertiary/aromatic N) is 1. The monoisotopic (exact) mass is 477 g/mol. The highest BCUT2D eigenvalue weighted by atomic mass is 127. The summed E-state index contributed by atoms with van der Waals surface area (Å²) >= 11 is 3.10. The van der Waals surface area contributed by atoms with Gasteiger partial charge in [-0.05, 0) is 72.0 Å². The van der Waals surface area contributed by atoms with Crippen molar-refractivity contribution in [2.45, 2.75) is 20.0 Å². The maximum atomic E-state index is 12.4. The van der Waals surface area contributed by atoms with Crippen LogP contribution in [-0.2, 0) is 9.53 Å². The van der Waals surface area contributed by atoms with Crippen molar-refractivity contribution in [1.82, 2.24) is 4.90 Å². The molecule has 2 amide bonds. The van der Waals surface area contributed by atoms with Crippen LogP contribution in [0, 0.1) is 3.57 Å². The van der Waals surface area contributed by atoms with Gasteiger partial charge in [0.1, 0.15) is 0 Å². The molecular weight excluding hydrogens is 457 g/mol. The van der Waals surface area contributed by atoms with Gasteiger partial charge >= 0.3 is 0 Å². The number of hydrogen-bond donors (Lipinski definition) is 0. The highest BCUT2D eigenvalue weighted by molar-refractivity contribution is 14.1. The van der Waals surface area contributed by atoms with Crippen LogP contribution in [0.2, 0.25) is 0 Å². The Balaban J connectivity index is 2.30. The first-order chi connectivity index (χ1) is 11.9. The first-order valence-corrected chi connectivity index (χ1v) is 9.55. The molecule has 0 unspecified atom stereocenters. The predicted molar refractivity (Wildman–Crippen MR) is 106 cm³/mol. The summed E-state index contributed by atoms with van der Waals surface area (Å²) in [5.74, 6) is 0.956. The van der Waals surface area contributed by atoms with Crippen LogP contribution >= 0.6 is 34.4 Å². The molecule has 25 heavy (non-hydrogen) atoms. The van der Waals surface area contributed by atoms with E-state index < -0.39 is 0 Å². The lowest BCUT2D eigenvalue weighted by molar-refractivity contribution is -0.123. The van der Waals surface area contributed by atoms with Crippen molar-refractivity contribution >= 4 is 51.6 Å². The van der Waals surface area contributed by atoms with Crippen molar-refractivity contribution in [3.05, 3.63) is 26.2 Å². The van der Waals surface area contributed by atoms with E-state index in [1.807, 2.05) is 19.9 Å². The van der Waals surface area contributed by atoms with E-state index in [2.05, 4.69) is 22.6 Å². The summed E-state index contributed by atoms with van der Waals surface area (Å²) in [7, 11) is 3.10. The molecule has 1 aliphatic rings. The van der Waals surface area contributed by atoms with Gasteiger partial charge in [0.2, 0.25) is 0 Å². The third kappa shape index (κ3) is 4.89. The van der Waals surface area contributed by atoms with E-state index in [4.69, 9.17) is 14.2 Å². The third-order valence-electron chi connectivity index (χ3n) is 3.30. The van der Waals surface area contributed by atoms with Crippen molar-refractivity contribution < 1.29 is 23.8 Å². The highest BCUT2D eigenvalue weighted by Gasteiger charge is 2.34. The largest absolute Gasteiger partial charge is 0.493 e. The summed E-state index contributed by atoms with van der Waals surface area (Å²) in [6, 6.07) is 3.69. The van der Waals surface area contributed by atoms with Gasteiger partial charge in [0.15, 0.2) is 11.5 Å². The number of ether oxygens (including phenoxy) is 3. The molecule has 0 radical (unpaired) electrons.